The molecular weight excluding hydrogens is 328 g/mol. The summed E-state index contributed by atoms with van der Waals surface area (Å²) in [5.41, 5.74) is -3.05. The minimum Gasteiger partial charge on any atom is -0.370 e. The van der Waals surface area contributed by atoms with E-state index in [1.165, 1.54) is 11.8 Å². The number of carbonyl (C=O) groups excluding carboxylic acids is 1. The Morgan fingerprint density at radius 2 is 1.61 bits per heavy atom. The maximum Gasteiger partial charge on any atom is 0.416 e. The van der Waals surface area contributed by atoms with Crippen molar-refractivity contribution in [3.05, 3.63) is 34.9 Å². The van der Waals surface area contributed by atoms with E-state index in [0.29, 0.717) is 12.1 Å². The van der Waals surface area contributed by atoms with Crippen LogP contribution in [0.2, 0.25) is 0 Å². The number of nitrogens with zero attached hydrogens (tertiary/aromatic N) is 1. The Morgan fingerprint density at radius 3 is 2.04 bits per heavy atom. The maximum absolute atomic E-state index is 12.8. The Kier molecular flexibility index (Phi) is 4.61. The Balaban J connectivity index is 2.43. The van der Waals surface area contributed by atoms with Gasteiger partial charge < -0.3 is 9.64 Å². The Labute approximate surface area is 127 Å². The van der Waals surface area contributed by atoms with Gasteiger partial charge in [0, 0.05) is 13.5 Å². The third-order valence-corrected chi connectivity index (χ3v) is 3.49. The molecular formula is C14H13F6NO2. The second kappa shape index (κ2) is 6.03. The number of amides is 1. The van der Waals surface area contributed by atoms with Gasteiger partial charge in [0.1, 0.15) is 6.10 Å². The fourth-order valence-corrected chi connectivity index (χ4v) is 2.30. The fraction of sp³-hybridized carbons (Fsp3) is 0.500. The minimum atomic E-state index is -4.91. The zero-order valence-electron chi connectivity index (χ0n) is 12.0. The van der Waals surface area contributed by atoms with Crippen molar-refractivity contribution in [2.45, 2.75) is 25.4 Å². The van der Waals surface area contributed by atoms with Crippen LogP contribution in [0, 0.1) is 0 Å². The summed E-state index contributed by atoms with van der Waals surface area (Å²) in [5, 5.41) is 0. The first-order valence-electron chi connectivity index (χ1n) is 6.65. The zero-order chi connectivity index (χ0) is 17.4. The molecule has 0 spiro atoms. The van der Waals surface area contributed by atoms with Crippen LogP contribution in [0.5, 0.6) is 0 Å². The number of carbonyl (C=O) groups is 1. The monoisotopic (exact) mass is 341 g/mol. The average Bonchev–Trinajstić information content (AvgIpc) is 2.45. The fourth-order valence-electron chi connectivity index (χ4n) is 2.30. The lowest BCUT2D eigenvalue weighted by atomic mass is 10.00. The van der Waals surface area contributed by atoms with Gasteiger partial charge in [-0.25, -0.2) is 0 Å². The quantitative estimate of drug-likeness (QED) is 0.730. The molecule has 1 heterocycles. The summed E-state index contributed by atoms with van der Waals surface area (Å²) in [5.74, 6) is -0.318. The van der Waals surface area contributed by atoms with Crippen LogP contribution in [0.1, 0.15) is 29.7 Å². The van der Waals surface area contributed by atoms with E-state index < -0.39 is 29.6 Å². The Hall–Kier alpha value is -1.77. The second-order valence-electron chi connectivity index (χ2n) is 5.16. The topological polar surface area (TPSA) is 29.5 Å². The molecule has 128 valence electrons. The standard InChI is InChI=1S/C14H13F6NO2/c1-8(22)21-2-3-23-12(7-21)9-4-10(13(15,16)17)6-11(5-9)14(18,19)20/h4-6,12H,2-3,7H2,1H3. The van der Waals surface area contributed by atoms with E-state index >= 15 is 0 Å². The highest BCUT2D eigenvalue weighted by atomic mass is 19.4. The van der Waals surface area contributed by atoms with Crippen molar-refractivity contribution in [3.63, 3.8) is 0 Å². The van der Waals surface area contributed by atoms with Gasteiger partial charge in [-0.05, 0) is 23.8 Å². The lowest BCUT2D eigenvalue weighted by Gasteiger charge is -2.33. The molecule has 1 aromatic rings. The van der Waals surface area contributed by atoms with Gasteiger partial charge >= 0.3 is 12.4 Å². The van der Waals surface area contributed by atoms with Gasteiger partial charge in [-0.1, -0.05) is 0 Å². The molecule has 1 unspecified atom stereocenters. The first-order chi connectivity index (χ1) is 10.5. The van der Waals surface area contributed by atoms with Crippen molar-refractivity contribution in [2.24, 2.45) is 0 Å². The molecule has 1 saturated heterocycles. The largest absolute Gasteiger partial charge is 0.416 e. The van der Waals surface area contributed by atoms with Crippen LogP contribution in [0.25, 0.3) is 0 Å². The van der Waals surface area contributed by atoms with E-state index in [2.05, 4.69) is 0 Å². The third kappa shape index (κ3) is 4.15. The Morgan fingerprint density at radius 1 is 1.09 bits per heavy atom. The van der Waals surface area contributed by atoms with E-state index in [0.717, 1.165) is 0 Å². The molecule has 0 saturated carbocycles. The molecule has 1 amide bonds. The van der Waals surface area contributed by atoms with Gasteiger partial charge in [-0.2, -0.15) is 26.3 Å². The molecule has 3 nitrogen and oxygen atoms in total. The summed E-state index contributed by atoms with van der Waals surface area (Å²) in [4.78, 5) is 12.7. The molecule has 1 fully saturated rings. The number of alkyl halides is 6. The molecule has 0 aliphatic carbocycles. The average molecular weight is 341 g/mol. The molecule has 1 aliphatic rings. The molecule has 23 heavy (non-hydrogen) atoms. The van der Waals surface area contributed by atoms with Crippen molar-refractivity contribution < 1.29 is 35.9 Å². The maximum atomic E-state index is 12.8. The van der Waals surface area contributed by atoms with Gasteiger partial charge in [0.15, 0.2) is 0 Å². The van der Waals surface area contributed by atoms with E-state index in [1.807, 2.05) is 0 Å². The van der Waals surface area contributed by atoms with Gasteiger partial charge in [0.05, 0.1) is 24.3 Å². The van der Waals surface area contributed by atoms with E-state index in [4.69, 9.17) is 4.74 Å². The second-order valence-corrected chi connectivity index (χ2v) is 5.16. The van der Waals surface area contributed by atoms with Crippen molar-refractivity contribution in [2.75, 3.05) is 19.7 Å². The molecule has 9 heteroatoms. The number of ether oxygens (including phenoxy) is 1. The zero-order valence-corrected chi connectivity index (χ0v) is 12.0. The predicted octanol–water partition coefficient (Wildman–Crippen LogP) is 3.64. The molecule has 1 aliphatic heterocycles. The molecule has 0 aromatic heterocycles. The van der Waals surface area contributed by atoms with Crippen LogP contribution in [0.15, 0.2) is 18.2 Å². The number of benzene rings is 1. The molecule has 0 bridgehead atoms. The molecule has 1 atom stereocenters. The summed E-state index contributed by atoms with van der Waals surface area (Å²) in [6.45, 7) is 1.47. The van der Waals surface area contributed by atoms with E-state index in [9.17, 15) is 31.1 Å². The number of hydrogen-bond donors (Lipinski definition) is 0. The normalized spacial score (nSPS) is 19.8. The molecule has 0 radical (unpaired) electrons. The van der Waals surface area contributed by atoms with E-state index in [-0.39, 0.29) is 37.2 Å². The van der Waals surface area contributed by atoms with Crippen molar-refractivity contribution in [1.29, 1.82) is 0 Å². The number of halogens is 6. The SMILES string of the molecule is CC(=O)N1CCOC(c2cc(C(F)(F)F)cc(C(F)(F)F)c2)C1. The summed E-state index contributed by atoms with van der Waals surface area (Å²) < 4.78 is 82.3. The number of rotatable bonds is 1. The highest BCUT2D eigenvalue weighted by Crippen LogP contribution is 2.38. The van der Waals surface area contributed by atoms with Crippen molar-refractivity contribution in [1.82, 2.24) is 4.90 Å². The van der Waals surface area contributed by atoms with Crippen LogP contribution >= 0.6 is 0 Å². The summed E-state index contributed by atoms with van der Waals surface area (Å²) in [6, 6.07) is 1.32. The van der Waals surface area contributed by atoms with E-state index in [1.54, 1.807) is 0 Å². The van der Waals surface area contributed by atoms with Crippen LogP contribution in [-0.4, -0.2) is 30.5 Å². The highest BCUT2D eigenvalue weighted by Gasteiger charge is 2.38. The van der Waals surface area contributed by atoms with Crippen LogP contribution in [-0.2, 0) is 21.9 Å². The van der Waals surface area contributed by atoms with Crippen LogP contribution in [0.3, 0.4) is 0 Å². The lowest BCUT2D eigenvalue weighted by Crippen LogP contribution is -2.41. The first-order valence-corrected chi connectivity index (χ1v) is 6.65. The van der Waals surface area contributed by atoms with Gasteiger partial charge in [-0.3, -0.25) is 4.79 Å². The lowest BCUT2D eigenvalue weighted by molar-refractivity contribution is -0.144. The predicted molar refractivity (Wildman–Crippen MR) is 67.4 cm³/mol. The molecule has 2 rings (SSSR count). The Bertz CT molecular complexity index is 564. The van der Waals surface area contributed by atoms with Crippen molar-refractivity contribution >= 4 is 5.91 Å². The molecule has 0 N–H and O–H groups in total. The highest BCUT2D eigenvalue weighted by molar-refractivity contribution is 5.73. The van der Waals surface area contributed by atoms with Gasteiger partial charge in [-0.15, -0.1) is 0 Å². The smallest absolute Gasteiger partial charge is 0.370 e. The van der Waals surface area contributed by atoms with Crippen LogP contribution in [0.4, 0.5) is 26.3 Å². The summed E-state index contributed by atoms with van der Waals surface area (Å²) in [6.07, 6.45) is -10.9. The van der Waals surface area contributed by atoms with Crippen molar-refractivity contribution in [3.8, 4) is 0 Å². The van der Waals surface area contributed by atoms with Gasteiger partial charge in [0.2, 0.25) is 5.91 Å². The number of hydrogen-bond acceptors (Lipinski definition) is 2. The van der Waals surface area contributed by atoms with Crippen LogP contribution < -0.4 is 0 Å². The number of morpholine rings is 1. The first kappa shape index (κ1) is 17.6. The summed E-state index contributed by atoms with van der Waals surface area (Å²) in [7, 11) is 0. The third-order valence-electron chi connectivity index (χ3n) is 3.49. The summed E-state index contributed by atoms with van der Waals surface area (Å²) >= 11 is 0. The van der Waals surface area contributed by atoms with Gasteiger partial charge in [0.25, 0.3) is 0 Å². The minimum absolute atomic E-state index is 0.0435. The molecule has 1 aromatic carbocycles.